The Balaban J connectivity index is 2.63. The Morgan fingerprint density at radius 2 is 2.17 bits per heavy atom. The number of hydrogen-bond donors (Lipinski definition) is 1. The van der Waals surface area contributed by atoms with Crippen LogP contribution in [0.15, 0.2) is 17.5 Å². The number of amides is 1. The minimum atomic E-state index is 0.0657. The summed E-state index contributed by atoms with van der Waals surface area (Å²) in [4.78, 5) is 15.6. The Morgan fingerprint density at radius 1 is 1.44 bits per heavy atom. The Kier molecular flexibility index (Phi) is 6.36. The highest BCUT2D eigenvalue weighted by Gasteiger charge is 2.22. The zero-order valence-corrected chi connectivity index (χ0v) is 12.4. The lowest BCUT2D eigenvalue weighted by molar-refractivity contribution is -0.137. The van der Waals surface area contributed by atoms with Gasteiger partial charge in [0.05, 0.1) is 6.54 Å². The molecule has 1 aromatic rings. The number of nitrogens with two attached hydrogens (primary N) is 1. The van der Waals surface area contributed by atoms with E-state index < -0.39 is 0 Å². The third-order valence-electron chi connectivity index (χ3n) is 3.08. The number of carbonyl (C=O) groups excluding carboxylic acids is 1. The number of nitrogens with zero attached hydrogens (tertiary/aromatic N) is 1. The van der Waals surface area contributed by atoms with Crippen molar-refractivity contribution in [1.82, 2.24) is 4.90 Å². The van der Waals surface area contributed by atoms with Gasteiger partial charge in [0.2, 0.25) is 5.91 Å². The summed E-state index contributed by atoms with van der Waals surface area (Å²) < 4.78 is 0. The van der Waals surface area contributed by atoms with Crippen molar-refractivity contribution < 1.29 is 4.79 Å². The van der Waals surface area contributed by atoms with Gasteiger partial charge in [-0.1, -0.05) is 13.0 Å². The summed E-state index contributed by atoms with van der Waals surface area (Å²) in [6.45, 7) is 7.52. The van der Waals surface area contributed by atoms with Crippen LogP contribution in [0, 0.1) is 5.92 Å². The van der Waals surface area contributed by atoms with E-state index in [0.29, 0.717) is 6.54 Å². The summed E-state index contributed by atoms with van der Waals surface area (Å²) in [6.07, 6.45) is 1.79. The fourth-order valence-corrected chi connectivity index (χ4v) is 2.62. The maximum absolute atomic E-state index is 12.4. The van der Waals surface area contributed by atoms with Gasteiger partial charge < -0.3 is 10.6 Å². The summed E-state index contributed by atoms with van der Waals surface area (Å²) in [5.41, 5.74) is 5.50. The second-order valence-electron chi connectivity index (χ2n) is 4.97. The van der Waals surface area contributed by atoms with Crippen LogP contribution in [0.5, 0.6) is 0 Å². The molecule has 0 spiro atoms. The van der Waals surface area contributed by atoms with Gasteiger partial charge in [-0.2, -0.15) is 0 Å². The lowest BCUT2D eigenvalue weighted by Gasteiger charge is -2.29. The van der Waals surface area contributed by atoms with E-state index in [4.69, 9.17) is 5.73 Å². The molecule has 0 bridgehead atoms. The molecular weight excluding hydrogens is 244 g/mol. The Morgan fingerprint density at radius 3 is 2.67 bits per heavy atom. The van der Waals surface area contributed by atoms with Crippen molar-refractivity contribution in [3.63, 3.8) is 0 Å². The Labute approximate surface area is 114 Å². The molecule has 0 radical (unpaired) electrons. The summed E-state index contributed by atoms with van der Waals surface area (Å²) in [6, 6.07) is 4.35. The number of carbonyl (C=O) groups is 1. The van der Waals surface area contributed by atoms with Crippen LogP contribution in [0.4, 0.5) is 0 Å². The van der Waals surface area contributed by atoms with Crippen molar-refractivity contribution in [2.45, 2.75) is 46.2 Å². The predicted octanol–water partition coefficient (Wildman–Crippen LogP) is 2.86. The van der Waals surface area contributed by atoms with E-state index in [0.717, 1.165) is 19.4 Å². The monoisotopic (exact) mass is 268 g/mol. The molecule has 1 unspecified atom stereocenters. The molecule has 3 nitrogen and oxygen atoms in total. The summed E-state index contributed by atoms with van der Waals surface area (Å²) in [7, 11) is 0. The summed E-state index contributed by atoms with van der Waals surface area (Å²) >= 11 is 1.70. The van der Waals surface area contributed by atoms with Crippen LogP contribution in [0.25, 0.3) is 0 Å². The van der Waals surface area contributed by atoms with Gasteiger partial charge >= 0.3 is 0 Å². The molecule has 1 atom stereocenters. The van der Waals surface area contributed by atoms with Crippen molar-refractivity contribution in [2.75, 3.05) is 6.54 Å². The minimum Gasteiger partial charge on any atom is -0.335 e. The van der Waals surface area contributed by atoms with Crippen molar-refractivity contribution in [2.24, 2.45) is 11.7 Å². The number of rotatable bonds is 7. The van der Waals surface area contributed by atoms with Gasteiger partial charge in [0, 0.05) is 16.8 Å². The van der Waals surface area contributed by atoms with E-state index >= 15 is 0 Å². The van der Waals surface area contributed by atoms with Crippen LogP contribution < -0.4 is 5.73 Å². The van der Waals surface area contributed by atoms with Crippen molar-refractivity contribution in [1.29, 1.82) is 0 Å². The third kappa shape index (κ3) is 4.42. The second-order valence-corrected chi connectivity index (χ2v) is 6.00. The summed E-state index contributed by atoms with van der Waals surface area (Å²) in [5, 5.41) is 2.05. The van der Waals surface area contributed by atoms with Gasteiger partial charge in [-0.05, 0) is 44.7 Å². The first-order valence-corrected chi connectivity index (χ1v) is 7.47. The fraction of sp³-hybridized carbons (Fsp3) is 0.643. The average molecular weight is 268 g/mol. The first-order chi connectivity index (χ1) is 8.56. The first-order valence-electron chi connectivity index (χ1n) is 6.59. The average Bonchev–Trinajstić information content (AvgIpc) is 2.84. The number of hydrogen-bond acceptors (Lipinski definition) is 3. The van der Waals surface area contributed by atoms with Crippen LogP contribution in [-0.2, 0) is 11.3 Å². The molecule has 18 heavy (non-hydrogen) atoms. The SMILES string of the molecule is CC(CCCN)C(=O)N(Cc1cccs1)C(C)C. The highest BCUT2D eigenvalue weighted by Crippen LogP contribution is 2.18. The molecule has 0 fully saturated rings. The second kappa shape index (κ2) is 7.54. The quantitative estimate of drug-likeness (QED) is 0.826. The minimum absolute atomic E-state index is 0.0657. The largest absolute Gasteiger partial charge is 0.335 e. The molecule has 102 valence electrons. The van der Waals surface area contributed by atoms with E-state index in [9.17, 15) is 4.79 Å². The van der Waals surface area contributed by atoms with Crippen molar-refractivity contribution in [3.05, 3.63) is 22.4 Å². The zero-order valence-electron chi connectivity index (χ0n) is 11.6. The molecule has 0 saturated carbocycles. The lowest BCUT2D eigenvalue weighted by atomic mass is 10.0. The molecule has 0 aliphatic heterocycles. The molecule has 0 aliphatic rings. The van der Waals surface area contributed by atoms with Crippen LogP contribution in [0.3, 0.4) is 0 Å². The zero-order chi connectivity index (χ0) is 13.5. The number of thiophene rings is 1. The standard InChI is InChI=1S/C14H24N2OS/c1-11(2)16(10-13-7-5-9-18-13)14(17)12(3)6-4-8-15/h5,7,9,11-12H,4,6,8,10,15H2,1-3H3. The van der Waals surface area contributed by atoms with Gasteiger partial charge in [-0.25, -0.2) is 0 Å². The van der Waals surface area contributed by atoms with Gasteiger partial charge in [-0.15, -0.1) is 11.3 Å². The summed E-state index contributed by atoms with van der Waals surface area (Å²) in [5.74, 6) is 0.308. The molecule has 1 aromatic heterocycles. The van der Waals surface area contributed by atoms with E-state index in [1.807, 2.05) is 17.9 Å². The molecule has 0 aliphatic carbocycles. The highest BCUT2D eigenvalue weighted by atomic mass is 32.1. The lowest BCUT2D eigenvalue weighted by Crippen LogP contribution is -2.39. The van der Waals surface area contributed by atoms with Crippen LogP contribution in [-0.4, -0.2) is 23.4 Å². The van der Waals surface area contributed by atoms with Crippen LogP contribution in [0.1, 0.15) is 38.5 Å². The van der Waals surface area contributed by atoms with E-state index in [2.05, 4.69) is 25.3 Å². The topological polar surface area (TPSA) is 46.3 Å². The van der Waals surface area contributed by atoms with Gasteiger partial charge in [0.25, 0.3) is 0 Å². The van der Waals surface area contributed by atoms with Crippen molar-refractivity contribution in [3.8, 4) is 0 Å². The maximum atomic E-state index is 12.4. The van der Waals surface area contributed by atoms with Gasteiger partial charge in [-0.3, -0.25) is 4.79 Å². The van der Waals surface area contributed by atoms with Crippen molar-refractivity contribution >= 4 is 17.2 Å². The Bertz CT molecular complexity index is 349. The van der Waals surface area contributed by atoms with Crippen LogP contribution >= 0.6 is 11.3 Å². The third-order valence-corrected chi connectivity index (χ3v) is 3.94. The normalized spacial score (nSPS) is 12.7. The van der Waals surface area contributed by atoms with Crippen LogP contribution in [0.2, 0.25) is 0 Å². The fourth-order valence-electron chi connectivity index (χ4n) is 1.92. The molecular formula is C14H24N2OS. The molecule has 1 amide bonds. The molecule has 2 N–H and O–H groups in total. The molecule has 1 rings (SSSR count). The van der Waals surface area contributed by atoms with E-state index in [1.54, 1.807) is 11.3 Å². The Hall–Kier alpha value is -0.870. The van der Waals surface area contributed by atoms with Gasteiger partial charge in [0.15, 0.2) is 0 Å². The molecule has 4 heteroatoms. The first kappa shape index (κ1) is 15.2. The highest BCUT2D eigenvalue weighted by molar-refractivity contribution is 7.09. The predicted molar refractivity (Wildman–Crippen MR) is 77.5 cm³/mol. The maximum Gasteiger partial charge on any atom is 0.225 e. The van der Waals surface area contributed by atoms with E-state index in [1.165, 1.54) is 4.88 Å². The van der Waals surface area contributed by atoms with E-state index in [-0.39, 0.29) is 17.9 Å². The van der Waals surface area contributed by atoms with Gasteiger partial charge in [0.1, 0.15) is 0 Å². The molecule has 0 aromatic carbocycles. The smallest absolute Gasteiger partial charge is 0.225 e. The molecule has 1 heterocycles. The molecule has 0 saturated heterocycles.